The van der Waals surface area contributed by atoms with Crippen molar-refractivity contribution in [3.63, 3.8) is 0 Å². The van der Waals surface area contributed by atoms with Crippen LogP contribution in [-0.4, -0.2) is 4.57 Å². The first kappa shape index (κ1) is 22.3. The Hall–Kier alpha value is -5.54. The van der Waals surface area contributed by atoms with Gasteiger partial charge in [0.25, 0.3) is 0 Å². The Morgan fingerprint density at radius 2 is 1.10 bits per heavy atom. The van der Waals surface area contributed by atoms with Crippen LogP contribution in [0.25, 0.3) is 82.9 Å². The molecule has 0 bridgehead atoms. The van der Waals surface area contributed by atoms with E-state index in [4.69, 9.17) is 8.83 Å². The lowest BCUT2D eigenvalue weighted by molar-refractivity contribution is 0.636. The van der Waals surface area contributed by atoms with Gasteiger partial charge in [-0.3, -0.25) is 0 Å². The summed E-state index contributed by atoms with van der Waals surface area (Å²) in [5.74, 6) is 0.885. The van der Waals surface area contributed by atoms with Crippen molar-refractivity contribution < 1.29 is 8.83 Å². The molecule has 0 amide bonds. The quantitative estimate of drug-likeness (QED) is 0.230. The van der Waals surface area contributed by atoms with Gasteiger partial charge in [-0.15, -0.1) is 0 Å². The first-order valence-electron chi connectivity index (χ1n) is 13.9. The van der Waals surface area contributed by atoms with E-state index in [9.17, 15) is 0 Å². The zero-order chi connectivity index (χ0) is 26.9. The predicted octanol–water partition coefficient (Wildman–Crippen LogP) is 10.8. The van der Waals surface area contributed by atoms with Crippen LogP contribution < -0.4 is 0 Å². The van der Waals surface area contributed by atoms with Crippen LogP contribution in [0.2, 0.25) is 0 Å². The topological polar surface area (TPSA) is 31.2 Å². The van der Waals surface area contributed by atoms with Gasteiger partial charge in [0.1, 0.15) is 16.9 Å². The molecule has 3 heteroatoms. The summed E-state index contributed by atoms with van der Waals surface area (Å²) in [7, 11) is 0. The van der Waals surface area contributed by atoms with Crippen LogP contribution >= 0.6 is 0 Å². The summed E-state index contributed by atoms with van der Waals surface area (Å²) in [6.07, 6.45) is 0. The van der Waals surface area contributed by atoms with Crippen molar-refractivity contribution in [2.75, 3.05) is 0 Å². The van der Waals surface area contributed by atoms with Crippen molar-refractivity contribution in [1.82, 2.24) is 4.57 Å². The van der Waals surface area contributed by atoms with Crippen LogP contribution in [0.4, 0.5) is 0 Å². The van der Waals surface area contributed by atoms with E-state index in [-0.39, 0.29) is 0 Å². The molecule has 0 saturated heterocycles. The molecular weight excluding hydrogens is 502 g/mol. The second kappa shape index (κ2) is 8.48. The van der Waals surface area contributed by atoms with E-state index in [2.05, 4.69) is 126 Å². The molecule has 0 atom stereocenters. The summed E-state index contributed by atoms with van der Waals surface area (Å²) in [5, 5.41) is 5.59. The summed E-state index contributed by atoms with van der Waals surface area (Å²) >= 11 is 0. The highest BCUT2D eigenvalue weighted by Gasteiger charge is 2.24. The molecule has 0 aliphatic rings. The Kier molecular flexibility index (Phi) is 4.61. The molecule has 6 aromatic carbocycles. The van der Waals surface area contributed by atoms with Crippen LogP contribution in [0.3, 0.4) is 0 Å². The Labute approximate surface area is 235 Å². The summed E-state index contributed by atoms with van der Waals surface area (Å²) < 4.78 is 15.7. The molecule has 3 heterocycles. The van der Waals surface area contributed by atoms with Gasteiger partial charge >= 0.3 is 0 Å². The van der Waals surface area contributed by atoms with E-state index in [1.807, 2.05) is 18.2 Å². The zero-order valence-corrected chi connectivity index (χ0v) is 22.0. The standard InChI is InChI=1S/C38H23NO2/c1-3-12-24(13-4-1)34-29-22-23-31-35(38(29)41-36(34)25-14-5-2-6-15-25)28-17-7-9-19-30(28)39(31)32-20-11-18-27-26-16-8-10-21-33(26)40-37(27)32/h1-23H. The van der Waals surface area contributed by atoms with Gasteiger partial charge in [-0.05, 0) is 35.9 Å². The summed E-state index contributed by atoms with van der Waals surface area (Å²) in [4.78, 5) is 0. The van der Waals surface area contributed by atoms with E-state index < -0.39 is 0 Å². The number of benzene rings is 6. The number of fused-ring (bicyclic) bond motifs is 8. The Morgan fingerprint density at radius 3 is 1.93 bits per heavy atom. The average molecular weight is 526 g/mol. The highest BCUT2D eigenvalue weighted by molar-refractivity contribution is 6.23. The van der Waals surface area contributed by atoms with Gasteiger partial charge in [0, 0.05) is 32.7 Å². The number of rotatable bonds is 3. The molecule has 3 nitrogen and oxygen atoms in total. The first-order valence-corrected chi connectivity index (χ1v) is 13.9. The van der Waals surface area contributed by atoms with Gasteiger partial charge in [0.15, 0.2) is 5.58 Å². The van der Waals surface area contributed by atoms with E-state index in [1.54, 1.807) is 0 Å². The molecule has 0 spiro atoms. The maximum absolute atomic E-state index is 6.91. The van der Waals surface area contributed by atoms with Crippen molar-refractivity contribution in [2.24, 2.45) is 0 Å². The van der Waals surface area contributed by atoms with Crippen molar-refractivity contribution >= 4 is 54.7 Å². The van der Waals surface area contributed by atoms with Gasteiger partial charge in [-0.1, -0.05) is 109 Å². The summed E-state index contributed by atoms with van der Waals surface area (Å²) in [6, 6.07) is 48.6. The summed E-state index contributed by atoms with van der Waals surface area (Å²) in [5.41, 5.74) is 9.20. The minimum absolute atomic E-state index is 0.880. The fourth-order valence-corrected chi connectivity index (χ4v) is 6.46. The number of furan rings is 2. The minimum atomic E-state index is 0.880. The molecule has 0 aliphatic heterocycles. The molecule has 192 valence electrons. The van der Waals surface area contributed by atoms with Crippen LogP contribution in [0.15, 0.2) is 148 Å². The second-order valence-corrected chi connectivity index (χ2v) is 10.5. The third-order valence-corrected chi connectivity index (χ3v) is 8.21. The minimum Gasteiger partial charge on any atom is -0.455 e. The van der Waals surface area contributed by atoms with Gasteiger partial charge in [0.05, 0.1) is 22.1 Å². The second-order valence-electron chi connectivity index (χ2n) is 10.5. The highest BCUT2D eigenvalue weighted by Crippen LogP contribution is 2.46. The molecule has 0 saturated carbocycles. The monoisotopic (exact) mass is 525 g/mol. The molecule has 0 N–H and O–H groups in total. The molecule has 0 radical (unpaired) electrons. The van der Waals surface area contributed by atoms with Crippen LogP contribution in [0, 0.1) is 0 Å². The zero-order valence-electron chi connectivity index (χ0n) is 22.0. The van der Waals surface area contributed by atoms with Gasteiger partial charge in [-0.2, -0.15) is 0 Å². The normalized spacial score (nSPS) is 11.9. The number of aromatic nitrogens is 1. The molecular formula is C38H23NO2. The van der Waals surface area contributed by atoms with Crippen molar-refractivity contribution in [2.45, 2.75) is 0 Å². The number of hydrogen-bond acceptors (Lipinski definition) is 2. The van der Waals surface area contributed by atoms with Crippen LogP contribution in [-0.2, 0) is 0 Å². The third kappa shape index (κ3) is 3.14. The van der Waals surface area contributed by atoms with Gasteiger partial charge in [-0.25, -0.2) is 0 Å². The van der Waals surface area contributed by atoms with Gasteiger partial charge < -0.3 is 13.4 Å². The van der Waals surface area contributed by atoms with Gasteiger partial charge in [0.2, 0.25) is 0 Å². The summed E-state index contributed by atoms with van der Waals surface area (Å²) in [6.45, 7) is 0. The van der Waals surface area contributed by atoms with E-state index >= 15 is 0 Å². The fourth-order valence-electron chi connectivity index (χ4n) is 6.46. The lowest BCUT2D eigenvalue weighted by Gasteiger charge is -2.08. The van der Waals surface area contributed by atoms with E-state index in [0.717, 1.165) is 82.9 Å². The number of nitrogens with zero attached hydrogens (tertiary/aromatic N) is 1. The average Bonchev–Trinajstić information content (AvgIpc) is 3.71. The number of hydrogen-bond donors (Lipinski definition) is 0. The largest absolute Gasteiger partial charge is 0.455 e. The highest BCUT2D eigenvalue weighted by atomic mass is 16.3. The molecule has 0 aliphatic carbocycles. The Morgan fingerprint density at radius 1 is 0.415 bits per heavy atom. The van der Waals surface area contributed by atoms with Crippen LogP contribution in [0.1, 0.15) is 0 Å². The molecule has 9 rings (SSSR count). The molecule has 3 aromatic heterocycles. The Balaban J connectivity index is 1.43. The van der Waals surface area contributed by atoms with E-state index in [0.29, 0.717) is 0 Å². The SMILES string of the molecule is c1ccc(-c2oc3c(ccc4c3c3ccccc3n4-c3cccc4c3oc3ccccc34)c2-c2ccccc2)cc1. The molecule has 41 heavy (non-hydrogen) atoms. The first-order chi connectivity index (χ1) is 20.4. The lowest BCUT2D eigenvalue weighted by Crippen LogP contribution is -1.94. The smallest absolute Gasteiger partial charge is 0.159 e. The van der Waals surface area contributed by atoms with E-state index in [1.165, 1.54) is 0 Å². The third-order valence-electron chi connectivity index (χ3n) is 8.21. The fraction of sp³-hybridized carbons (Fsp3) is 0. The van der Waals surface area contributed by atoms with Crippen molar-refractivity contribution in [1.29, 1.82) is 0 Å². The predicted molar refractivity (Wildman–Crippen MR) is 169 cm³/mol. The van der Waals surface area contributed by atoms with Crippen molar-refractivity contribution in [3.8, 4) is 28.1 Å². The van der Waals surface area contributed by atoms with Crippen molar-refractivity contribution in [3.05, 3.63) is 140 Å². The lowest BCUT2D eigenvalue weighted by atomic mass is 9.98. The molecule has 0 fully saturated rings. The maximum Gasteiger partial charge on any atom is 0.159 e. The maximum atomic E-state index is 6.91. The molecule has 9 aromatic rings. The Bertz CT molecular complexity index is 2410. The number of para-hydroxylation sites is 3. The van der Waals surface area contributed by atoms with Crippen LogP contribution in [0.5, 0.6) is 0 Å². The molecule has 0 unspecified atom stereocenters.